The van der Waals surface area contributed by atoms with Crippen LogP contribution >= 0.6 is 0 Å². The molecule has 0 saturated carbocycles. The highest BCUT2D eigenvalue weighted by Gasteiger charge is 2.13. The summed E-state index contributed by atoms with van der Waals surface area (Å²) in [6.45, 7) is 5.27. The summed E-state index contributed by atoms with van der Waals surface area (Å²) in [7, 11) is 1.58. The van der Waals surface area contributed by atoms with E-state index in [0.717, 1.165) is 31.4 Å². The van der Waals surface area contributed by atoms with Crippen molar-refractivity contribution in [1.29, 1.82) is 0 Å². The predicted octanol–water partition coefficient (Wildman–Crippen LogP) is 2.85. The third-order valence-electron chi connectivity index (χ3n) is 3.65. The number of aliphatic hydroxyl groups is 1. The van der Waals surface area contributed by atoms with Crippen molar-refractivity contribution in [2.24, 2.45) is 5.92 Å². The molecule has 4 nitrogen and oxygen atoms in total. The van der Waals surface area contributed by atoms with Crippen LogP contribution in [0.15, 0.2) is 18.2 Å². The average Bonchev–Trinajstić information content (AvgIpc) is 2.44. The maximum absolute atomic E-state index is 10.0. The third kappa shape index (κ3) is 5.02. The first-order valence-electron chi connectivity index (χ1n) is 7.33. The van der Waals surface area contributed by atoms with E-state index in [2.05, 4.69) is 12.2 Å². The van der Waals surface area contributed by atoms with Gasteiger partial charge in [-0.1, -0.05) is 19.4 Å². The van der Waals surface area contributed by atoms with Crippen LogP contribution < -0.4 is 10.1 Å². The predicted molar refractivity (Wildman–Crippen MR) is 81.2 cm³/mol. The standard InChI is InChI=1S/C16H27NO3/c1-4-5-13(8-9-18)11-17-12(2)15-7-6-14(20-3)10-16(15)19/h6-7,10,12-13,17-19H,4-5,8-9,11H2,1-3H3. The van der Waals surface area contributed by atoms with Crippen LogP contribution in [0.25, 0.3) is 0 Å². The zero-order chi connectivity index (χ0) is 15.0. The lowest BCUT2D eigenvalue weighted by Gasteiger charge is -2.21. The van der Waals surface area contributed by atoms with Gasteiger partial charge in [0, 0.05) is 24.3 Å². The van der Waals surface area contributed by atoms with Crippen molar-refractivity contribution in [3.63, 3.8) is 0 Å². The molecule has 0 amide bonds. The van der Waals surface area contributed by atoms with Crippen LogP contribution in [0.1, 0.15) is 44.7 Å². The molecule has 2 unspecified atom stereocenters. The summed E-state index contributed by atoms with van der Waals surface area (Å²) in [4.78, 5) is 0. The number of ether oxygens (including phenoxy) is 1. The fourth-order valence-corrected chi connectivity index (χ4v) is 2.41. The van der Waals surface area contributed by atoms with E-state index in [4.69, 9.17) is 9.84 Å². The molecule has 0 aromatic heterocycles. The van der Waals surface area contributed by atoms with Gasteiger partial charge < -0.3 is 20.3 Å². The van der Waals surface area contributed by atoms with Crippen molar-refractivity contribution in [3.05, 3.63) is 23.8 Å². The quantitative estimate of drug-likeness (QED) is 0.651. The molecule has 0 heterocycles. The van der Waals surface area contributed by atoms with E-state index in [9.17, 15) is 5.11 Å². The topological polar surface area (TPSA) is 61.7 Å². The first-order valence-corrected chi connectivity index (χ1v) is 7.33. The Morgan fingerprint density at radius 2 is 2.05 bits per heavy atom. The molecule has 1 rings (SSSR count). The highest BCUT2D eigenvalue weighted by Crippen LogP contribution is 2.28. The van der Waals surface area contributed by atoms with Gasteiger partial charge in [-0.2, -0.15) is 0 Å². The molecule has 0 fully saturated rings. The molecule has 0 aliphatic rings. The highest BCUT2D eigenvalue weighted by molar-refractivity contribution is 5.41. The molecule has 1 aromatic rings. The second-order valence-electron chi connectivity index (χ2n) is 5.22. The number of phenolic OH excluding ortho intramolecular Hbond substituents is 1. The SMILES string of the molecule is CCCC(CCO)CNC(C)c1ccc(OC)cc1O. The fraction of sp³-hybridized carbons (Fsp3) is 0.625. The normalized spacial score (nSPS) is 14.0. The summed E-state index contributed by atoms with van der Waals surface area (Å²) in [5, 5.41) is 22.5. The van der Waals surface area contributed by atoms with Gasteiger partial charge >= 0.3 is 0 Å². The Bertz CT molecular complexity index is 389. The number of hydrogen-bond donors (Lipinski definition) is 3. The number of aromatic hydroxyl groups is 1. The molecule has 0 aliphatic carbocycles. The van der Waals surface area contributed by atoms with Crippen LogP contribution in [0.2, 0.25) is 0 Å². The molecule has 4 heteroatoms. The number of benzene rings is 1. The van der Waals surface area contributed by atoms with Gasteiger partial charge in [-0.3, -0.25) is 0 Å². The molecule has 0 aliphatic heterocycles. The van der Waals surface area contributed by atoms with E-state index in [1.807, 2.05) is 19.1 Å². The number of hydrogen-bond acceptors (Lipinski definition) is 4. The molecule has 3 N–H and O–H groups in total. The van der Waals surface area contributed by atoms with Crippen molar-refractivity contribution < 1.29 is 14.9 Å². The summed E-state index contributed by atoms with van der Waals surface area (Å²) in [5.74, 6) is 1.38. The molecule has 0 bridgehead atoms. The van der Waals surface area contributed by atoms with Gasteiger partial charge in [0.25, 0.3) is 0 Å². The summed E-state index contributed by atoms with van der Waals surface area (Å²) >= 11 is 0. The number of aliphatic hydroxyl groups excluding tert-OH is 1. The minimum atomic E-state index is 0.0685. The van der Waals surface area contributed by atoms with Crippen molar-refractivity contribution in [3.8, 4) is 11.5 Å². The summed E-state index contributed by atoms with van der Waals surface area (Å²) in [6, 6.07) is 5.43. The minimum Gasteiger partial charge on any atom is -0.507 e. The molecule has 2 atom stereocenters. The smallest absolute Gasteiger partial charge is 0.124 e. The van der Waals surface area contributed by atoms with Crippen LogP contribution in [0, 0.1) is 5.92 Å². The van der Waals surface area contributed by atoms with Gasteiger partial charge in [0.15, 0.2) is 0 Å². The second kappa shape index (κ2) is 8.82. The number of phenols is 1. The lowest BCUT2D eigenvalue weighted by molar-refractivity contribution is 0.245. The van der Waals surface area contributed by atoms with E-state index < -0.39 is 0 Å². The Balaban J connectivity index is 2.59. The van der Waals surface area contributed by atoms with Crippen LogP contribution in [-0.2, 0) is 0 Å². The van der Waals surface area contributed by atoms with Gasteiger partial charge in [0.1, 0.15) is 11.5 Å². The Morgan fingerprint density at radius 1 is 1.30 bits per heavy atom. The number of rotatable bonds is 9. The van der Waals surface area contributed by atoms with Crippen molar-refractivity contribution in [2.75, 3.05) is 20.3 Å². The minimum absolute atomic E-state index is 0.0685. The van der Waals surface area contributed by atoms with Gasteiger partial charge in [-0.05, 0) is 38.3 Å². The first kappa shape index (κ1) is 16.8. The molecule has 0 radical (unpaired) electrons. The van der Waals surface area contributed by atoms with Crippen molar-refractivity contribution >= 4 is 0 Å². The van der Waals surface area contributed by atoms with Gasteiger partial charge in [0.05, 0.1) is 7.11 Å². The van der Waals surface area contributed by atoms with Crippen molar-refractivity contribution in [2.45, 2.75) is 39.2 Å². The third-order valence-corrected chi connectivity index (χ3v) is 3.65. The molecule has 0 saturated heterocycles. The maximum atomic E-state index is 10.0. The summed E-state index contributed by atoms with van der Waals surface area (Å²) in [5.41, 5.74) is 0.866. The molecule has 114 valence electrons. The lowest BCUT2D eigenvalue weighted by atomic mass is 9.99. The van der Waals surface area contributed by atoms with Gasteiger partial charge in [0.2, 0.25) is 0 Å². The maximum Gasteiger partial charge on any atom is 0.124 e. The number of methoxy groups -OCH3 is 1. The van der Waals surface area contributed by atoms with Crippen LogP contribution in [0.4, 0.5) is 0 Å². The Labute approximate surface area is 121 Å². The molecule has 20 heavy (non-hydrogen) atoms. The summed E-state index contributed by atoms with van der Waals surface area (Å²) in [6.07, 6.45) is 3.05. The zero-order valence-corrected chi connectivity index (χ0v) is 12.7. The van der Waals surface area contributed by atoms with Gasteiger partial charge in [-0.15, -0.1) is 0 Å². The van der Waals surface area contributed by atoms with E-state index in [-0.39, 0.29) is 18.4 Å². The fourth-order valence-electron chi connectivity index (χ4n) is 2.41. The summed E-state index contributed by atoms with van der Waals surface area (Å²) < 4.78 is 5.08. The van der Waals surface area contributed by atoms with E-state index in [1.54, 1.807) is 13.2 Å². The van der Waals surface area contributed by atoms with Crippen LogP contribution in [0.5, 0.6) is 11.5 Å². The first-order chi connectivity index (χ1) is 9.62. The Kier molecular flexibility index (Phi) is 7.41. The molecular weight excluding hydrogens is 254 g/mol. The highest BCUT2D eigenvalue weighted by atomic mass is 16.5. The second-order valence-corrected chi connectivity index (χ2v) is 5.22. The molecular formula is C16H27NO3. The molecule has 0 spiro atoms. The van der Waals surface area contributed by atoms with Gasteiger partial charge in [-0.25, -0.2) is 0 Å². The van der Waals surface area contributed by atoms with E-state index in [0.29, 0.717) is 11.7 Å². The van der Waals surface area contributed by atoms with E-state index in [1.165, 1.54) is 0 Å². The lowest BCUT2D eigenvalue weighted by Crippen LogP contribution is -2.26. The Morgan fingerprint density at radius 3 is 2.60 bits per heavy atom. The zero-order valence-electron chi connectivity index (χ0n) is 12.7. The van der Waals surface area contributed by atoms with E-state index >= 15 is 0 Å². The van der Waals surface area contributed by atoms with Crippen LogP contribution in [-0.4, -0.2) is 30.5 Å². The average molecular weight is 281 g/mol. The largest absolute Gasteiger partial charge is 0.507 e. The Hall–Kier alpha value is -1.26. The monoisotopic (exact) mass is 281 g/mol. The number of nitrogens with one attached hydrogen (secondary N) is 1. The molecule has 1 aromatic carbocycles. The van der Waals surface area contributed by atoms with Crippen molar-refractivity contribution in [1.82, 2.24) is 5.32 Å². The van der Waals surface area contributed by atoms with Crippen LogP contribution in [0.3, 0.4) is 0 Å².